The highest BCUT2D eigenvalue weighted by molar-refractivity contribution is 6.30. The summed E-state index contributed by atoms with van der Waals surface area (Å²) in [5.74, 6) is -6.20. The lowest BCUT2D eigenvalue weighted by Gasteiger charge is -2.45. The van der Waals surface area contributed by atoms with Gasteiger partial charge in [0.15, 0.2) is 5.78 Å². The third-order valence-electron chi connectivity index (χ3n) is 8.36. The number of carbonyl (C=O) groups is 3. The summed E-state index contributed by atoms with van der Waals surface area (Å²) in [6.07, 6.45) is -0.553. The van der Waals surface area contributed by atoms with Crippen molar-refractivity contribution < 1.29 is 32.3 Å². The quantitative estimate of drug-likeness (QED) is 0.507. The second-order valence-corrected chi connectivity index (χ2v) is 11.1. The van der Waals surface area contributed by atoms with Gasteiger partial charge in [0.2, 0.25) is 5.91 Å². The summed E-state index contributed by atoms with van der Waals surface area (Å²) >= 11 is 6.13. The Bertz CT molecular complexity index is 1270. The number of likely N-dealkylation sites (N-methyl/N-ethyl adjacent to an activating group) is 1. The molecule has 40 heavy (non-hydrogen) atoms. The molecule has 3 atom stereocenters. The van der Waals surface area contributed by atoms with E-state index in [0.717, 1.165) is 5.56 Å². The Morgan fingerprint density at radius 2 is 1.70 bits per heavy atom. The summed E-state index contributed by atoms with van der Waals surface area (Å²) in [4.78, 5) is 43.5. The van der Waals surface area contributed by atoms with Gasteiger partial charge in [-0.1, -0.05) is 23.7 Å². The zero-order valence-corrected chi connectivity index (χ0v) is 22.8. The number of ketones is 1. The average Bonchev–Trinajstić information content (AvgIpc) is 3.37. The van der Waals surface area contributed by atoms with E-state index in [-0.39, 0.29) is 37.7 Å². The predicted molar refractivity (Wildman–Crippen MR) is 142 cm³/mol. The molecule has 0 spiro atoms. The molecule has 2 aromatic rings. The van der Waals surface area contributed by atoms with Crippen LogP contribution in [0.25, 0.3) is 0 Å². The molecule has 0 bridgehead atoms. The van der Waals surface area contributed by atoms with E-state index in [2.05, 4.69) is 5.32 Å². The fourth-order valence-corrected chi connectivity index (χ4v) is 6.24. The van der Waals surface area contributed by atoms with Gasteiger partial charge >= 0.3 is 6.09 Å². The first-order chi connectivity index (χ1) is 19.1. The van der Waals surface area contributed by atoms with E-state index in [1.54, 1.807) is 19.1 Å². The summed E-state index contributed by atoms with van der Waals surface area (Å²) < 4.78 is 46.0. The monoisotopic (exact) mass is 577 g/mol. The third-order valence-corrected chi connectivity index (χ3v) is 8.61. The number of hydrogen-bond donors (Lipinski definition) is 1. The number of likely N-dealkylation sites (tertiary alicyclic amines) is 1. The predicted octanol–water partition coefficient (Wildman–Crippen LogP) is 4.89. The van der Waals surface area contributed by atoms with Crippen LogP contribution >= 0.6 is 11.6 Å². The topological polar surface area (TPSA) is 79.0 Å². The van der Waals surface area contributed by atoms with Crippen molar-refractivity contribution in [2.75, 3.05) is 32.7 Å². The van der Waals surface area contributed by atoms with Gasteiger partial charge in [0.1, 0.15) is 23.0 Å². The Labute approximate surface area is 235 Å². The summed E-state index contributed by atoms with van der Waals surface area (Å²) in [6, 6.07) is 12.2. The molecular weight excluding hydrogens is 547 g/mol. The largest absolute Gasteiger partial charge is 0.416 e. The second-order valence-electron chi connectivity index (χ2n) is 10.7. The van der Waals surface area contributed by atoms with E-state index in [0.29, 0.717) is 24.4 Å². The lowest BCUT2D eigenvalue weighted by Crippen LogP contribution is -2.64. The van der Waals surface area contributed by atoms with Crippen molar-refractivity contribution in [1.29, 1.82) is 0 Å². The van der Waals surface area contributed by atoms with Crippen LogP contribution in [-0.4, -0.2) is 71.8 Å². The molecule has 1 unspecified atom stereocenters. The van der Waals surface area contributed by atoms with Crippen LogP contribution < -0.4 is 10.1 Å². The molecule has 1 N–H and O–H groups in total. The SMILES string of the molecule is CCN(C(=O)Oc1ccc(F)cc1)[C@]1(C(=O)C2CCN(C(=O)C3CC3(F)F)CC2)CNC[C@H]1c1ccc(Cl)cc1. The molecule has 2 saturated heterocycles. The standard InChI is InChI=1S/C29H31ClF3N3O4/c1-2-36(27(39)40-22-9-7-21(31)8-10-22)28(17-34-16-24(28)18-3-5-20(30)6-4-18)25(37)19-11-13-35(14-12-19)26(38)23-15-29(23,32)33/h3-10,19,23-24,34H,2,11-17H2,1H3/t23?,24-,28+/m0/s1. The minimum absolute atomic E-state index is 0.144. The number of benzene rings is 2. The van der Waals surface area contributed by atoms with Crippen molar-refractivity contribution in [2.24, 2.45) is 11.8 Å². The Morgan fingerprint density at radius 3 is 2.27 bits per heavy atom. The lowest BCUT2D eigenvalue weighted by molar-refractivity contribution is -0.141. The molecule has 1 saturated carbocycles. The molecule has 2 aromatic carbocycles. The molecule has 1 aliphatic carbocycles. The van der Waals surface area contributed by atoms with E-state index >= 15 is 0 Å². The van der Waals surface area contributed by atoms with Crippen LogP contribution in [0.3, 0.4) is 0 Å². The summed E-state index contributed by atoms with van der Waals surface area (Å²) in [5.41, 5.74) is -0.501. The molecule has 214 valence electrons. The number of piperidine rings is 1. The van der Waals surface area contributed by atoms with Crippen molar-refractivity contribution in [3.05, 3.63) is 64.9 Å². The Kier molecular flexibility index (Phi) is 7.85. The maximum atomic E-state index is 14.5. The number of hydrogen-bond acceptors (Lipinski definition) is 5. The first kappa shape index (κ1) is 28.4. The summed E-state index contributed by atoms with van der Waals surface area (Å²) in [7, 11) is 0. The zero-order valence-electron chi connectivity index (χ0n) is 22.0. The van der Waals surface area contributed by atoms with Gasteiger partial charge in [-0.2, -0.15) is 0 Å². The third kappa shape index (κ3) is 5.31. The van der Waals surface area contributed by atoms with Crippen molar-refractivity contribution in [1.82, 2.24) is 15.1 Å². The van der Waals surface area contributed by atoms with Gasteiger partial charge in [-0.05, 0) is 61.7 Å². The van der Waals surface area contributed by atoms with Gasteiger partial charge < -0.3 is 15.0 Å². The van der Waals surface area contributed by atoms with Crippen molar-refractivity contribution in [2.45, 2.75) is 43.6 Å². The highest BCUT2D eigenvalue weighted by Crippen LogP contribution is 2.50. The van der Waals surface area contributed by atoms with Crippen LogP contribution in [-0.2, 0) is 9.59 Å². The average molecular weight is 578 g/mol. The van der Waals surface area contributed by atoms with E-state index < -0.39 is 53.5 Å². The first-order valence-corrected chi connectivity index (χ1v) is 13.9. The molecule has 3 fully saturated rings. The fourth-order valence-electron chi connectivity index (χ4n) is 6.11. The summed E-state index contributed by atoms with van der Waals surface area (Å²) in [5, 5.41) is 3.83. The van der Waals surface area contributed by atoms with E-state index in [1.165, 1.54) is 34.1 Å². The van der Waals surface area contributed by atoms with Crippen LogP contribution in [0.1, 0.15) is 37.7 Å². The van der Waals surface area contributed by atoms with Crippen molar-refractivity contribution >= 4 is 29.4 Å². The van der Waals surface area contributed by atoms with E-state index in [9.17, 15) is 27.6 Å². The minimum Gasteiger partial charge on any atom is -0.410 e. The van der Waals surface area contributed by atoms with Crippen LogP contribution in [0.4, 0.5) is 18.0 Å². The number of Topliss-reactive ketones (excluding diaryl/α,β-unsaturated/α-hetero) is 1. The molecule has 7 nitrogen and oxygen atoms in total. The molecule has 5 rings (SSSR count). The molecule has 0 radical (unpaired) electrons. The number of nitrogens with one attached hydrogen (secondary N) is 1. The lowest BCUT2D eigenvalue weighted by atomic mass is 9.71. The van der Waals surface area contributed by atoms with Gasteiger partial charge in [-0.3, -0.25) is 14.5 Å². The highest BCUT2D eigenvalue weighted by atomic mass is 35.5. The molecule has 2 heterocycles. The van der Waals surface area contributed by atoms with Crippen molar-refractivity contribution in [3.8, 4) is 5.75 Å². The van der Waals surface area contributed by atoms with Crippen LogP contribution in [0.2, 0.25) is 5.02 Å². The normalized spacial score (nSPS) is 25.9. The Hall–Kier alpha value is -3.11. The maximum Gasteiger partial charge on any atom is 0.416 e. The number of alkyl halides is 2. The number of halogens is 4. The number of nitrogens with zero attached hydrogens (tertiary/aromatic N) is 2. The van der Waals surface area contributed by atoms with Crippen molar-refractivity contribution in [3.63, 3.8) is 0 Å². The maximum absolute atomic E-state index is 14.5. The minimum atomic E-state index is -2.94. The number of carbonyl (C=O) groups excluding carboxylic acids is 3. The van der Waals surface area contributed by atoms with Gasteiger partial charge in [0.25, 0.3) is 5.92 Å². The molecule has 2 amide bonds. The van der Waals surface area contributed by atoms with Gasteiger partial charge in [-0.15, -0.1) is 0 Å². The van der Waals surface area contributed by atoms with E-state index in [1.807, 2.05) is 12.1 Å². The van der Waals surface area contributed by atoms with Gasteiger partial charge in [-0.25, -0.2) is 18.0 Å². The molecule has 2 aliphatic heterocycles. The number of rotatable bonds is 7. The Morgan fingerprint density at radius 1 is 1.07 bits per heavy atom. The smallest absolute Gasteiger partial charge is 0.410 e. The van der Waals surface area contributed by atoms with Gasteiger partial charge in [0, 0.05) is 56.0 Å². The first-order valence-electron chi connectivity index (χ1n) is 13.5. The van der Waals surface area contributed by atoms with Crippen LogP contribution in [0.15, 0.2) is 48.5 Å². The molecule has 3 aliphatic rings. The van der Waals surface area contributed by atoms with Crippen LogP contribution in [0.5, 0.6) is 5.75 Å². The fraction of sp³-hybridized carbons (Fsp3) is 0.483. The number of ether oxygens (including phenoxy) is 1. The zero-order chi connectivity index (χ0) is 28.7. The Balaban J connectivity index is 1.43. The highest BCUT2D eigenvalue weighted by Gasteiger charge is 2.62. The van der Waals surface area contributed by atoms with E-state index in [4.69, 9.17) is 16.3 Å². The molecule has 0 aromatic heterocycles. The number of amides is 2. The molecule has 11 heteroatoms. The summed E-state index contributed by atoms with van der Waals surface area (Å²) in [6.45, 7) is 2.91. The molecular formula is C29H31ClF3N3O4. The van der Waals surface area contributed by atoms with Gasteiger partial charge in [0.05, 0.1) is 0 Å². The van der Waals surface area contributed by atoms with Crippen LogP contribution in [0, 0.1) is 17.7 Å². The second kappa shape index (κ2) is 11.0.